The smallest absolute Gasteiger partial charge is 0.335 e. The molecule has 0 atom stereocenters. The number of carboxylic acids is 1. The molecule has 5 nitrogen and oxygen atoms in total. The highest BCUT2D eigenvalue weighted by Crippen LogP contribution is 2.33. The van der Waals surface area contributed by atoms with Crippen LogP contribution in [0.3, 0.4) is 0 Å². The zero-order valence-corrected chi connectivity index (χ0v) is 11.9. The molecule has 0 aliphatic rings. The second-order valence-corrected chi connectivity index (χ2v) is 6.10. The standard InChI is InChI=1S/C13H11NO4S2/c14-20(17,18)11-7-9(13(15)16)6-10(19)12(11)8-4-2-1-3-5-8/h1-7,19H,(H,15,16)(H2,14,17,18). The fourth-order valence-electron chi connectivity index (χ4n) is 1.84. The fourth-order valence-corrected chi connectivity index (χ4v) is 3.11. The SMILES string of the molecule is NS(=O)(=O)c1cc(C(=O)O)cc(S)c1-c1ccccc1. The van der Waals surface area contributed by atoms with Gasteiger partial charge in [-0.05, 0) is 17.7 Å². The van der Waals surface area contributed by atoms with Crippen LogP contribution in [0.4, 0.5) is 0 Å². The van der Waals surface area contributed by atoms with E-state index in [2.05, 4.69) is 12.6 Å². The molecule has 0 aliphatic carbocycles. The Hall–Kier alpha value is -1.83. The summed E-state index contributed by atoms with van der Waals surface area (Å²) < 4.78 is 23.4. The van der Waals surface area contributed by atoms with Crippen LogP contribution in [0.15, 0.2) is 52.3 Å². The van der Waals surface area contributed by atoms with Gasteiger partial charge < -0.3 is 5.11 Å². The Labute approximate surface area is 121 Å². The van der Waals surface area contributed by atoms with Crippen molar-refractivity contribution in [3.63, 3.8) is 0 Å². The molecule has 0 saturated heterocycles. The minimum absolute atomic E-state index is 0.182. The molecule has 0 saturated carbocycles. The average Bonchev–Trinajstić information content (AvgIpc) is 2.37. The van der Waals surface area contributed by atoms with Crippen LogP contribution < -0.4 is 5.14 Å². The minimum Gasteiger partial charge on any atom is -0.478 e. The van der Waals surface area contributed by atoms with E-state index in [4.69, 9.17) is 10.2 Å². The summed E-state index contributed by atoms with van der Waals surface area (Å²) >= 11 is 4.19. The predicted molar refractivity (Wildman–Crippen MR) is 77.5 cm³/mol. The van der Waals surface area contributed by atoms with Crippen molar-refractivity contribution in [3.8, 4) is 11.1 Å². The Kier molecular flexibility index (Phi) is 3.85. The van der Waals surface area contributed by atoms with Crippen molar-refractivity contribution in [1.29, 1.82) is 0 Å². The lowest BCUT2D eigenvalue weighted by atomic mass is 10.0. The Morgan fingerprint density at radius 1 is 1.15 bits per heavy atom. The van der Waals surface area contributed by atoms with Crippen LogP contribution >= 0.6 is 12.6 Å². The van der Waals surface area contributed by atoms with Gasteiger partial charge in [0.25, 0.3) is 0 Å². The van der Waals surface area contributed by atoms with E-state index in [1.54, 1.807) is 30.3 Å². The van der Waals surface area contributed by atoms with Crippen LogP contribution in [0.2, 0.25) is 0 Å². The number of hydrogen-bond donors (Lipinski definition) is 3. The highest BCUT2D eigenvalue weighted by molar-refractivity contribution is 7.89. The maximum atomic E-state index is 11.7. The molecule has 104 valence electrons. The first-order valence-corrected chi connectivity index (χ1v) is 7.48. The van der Waals surface area contributed by atoms with Crippen LogP contribution in [0, 0.1) is 0 Å². The van der Waals surface area contributed by atoms with E-state index in [1.807, 2.05) is 0 Å². The molecule has 20 heavy (non-hydrogen) atoms. The second-order valence-electron chi connectivity index (χ2n) is 4.08. The summed E-state index contributed by atoms with van der Waals surface area (Å²) in [4.78, 5) is 11.0. The molecule has 7 heteroatoms. The third-order valence-electron chi connectivity index (χ3n) is 2.70. The number of rotatable bonds is 3. The first-order valence-electron chi connectivity index (χ1n) is 5.49. The molecule has 0 aliphatic heterocycles. The Morgan fingerprint density at radius 2 is 1.75 bits per heavy atom. The maximum Gasteiger partial charge on any atom is 0.335 e. The average molecular weight is 309 g/mol. The fraction of sp³-hybridized carbons (Fsp3) is 0. The summed E-state index contributed by atoms with van der Waals surface area (Å²) in [6.45, 7) is 0. The highest BCUT2D eigenvalue weighted by atomic mass is 32.2. The molecule has 2 rings (SSSR count). The molecule has 2 aromatic rings. The Bertz CT molecular complexity index is 770. The number of nitrogens with two attached hydrogens (primary N) is 1. The number of thiol groups is 1. The van der Waals surface area contributed by atoms with Crippen LogP contribution in [0.25, 0.3) is 11.1 Å². The lowest BCUT2D eigenvalue weighted by Gasteiger charge is -2.12. The molecule has 0 spiro atoms. The van der Waals surface area contributed by atoms with Crippen molar-refractivity contribution >= 4 is 28.6 Å². The van der Waals surface area contributed by atoms with Crippen molar-refractivity contribution in [2.45, 2.75) is 9.79 Å². The highest BCUT2D eigenvalue weighted by Gasteiger charge is 2.21. The van der Waals surface area contributed by atoms with Gasteiger partial charge in [0.05, 0.1) is 10.5 Å². The molecule has 0 heterocycles. The van der Waals surface area contributed by atoms with Gasteiger partial charge in [-0.2, -0.15) is 0 Å². The van der Waals surface area contributed by atoms with Gasteiger partial charge in [0.15, 0.2) is 0 Å². The maximum absolute atomic E-state index is 11.7. The zero-order chi connectivity index (χ0) is 14.9. The molecular weight excluding hydrogens is 298 g/mol. The molecular formula is C13H11NO4S2. The largest absolute Gasteiger partial charge is 0.478 e. The van der Waals surface area contributed by atoms with Crippen LogP contribution in [0.5, 0.6) is 0 Å². The monoisotopic (exact) mass is 309 g/mol. The van der Waals surface area contributed by atoms with Crippen molar-refractivity contribution in [2.24, 2.45) is 5.14 Å². The molecule has 0 radical (unpaired) electrons. The van der Waals surface area contributed by atoms with E-state index in [-0.39, 0.29) is 15.4 Å². The number of carbonyl (C=O) groups is 1. The van der Waals surface area contributed by atoms with Crippen molar-refractivity contribution in [1.82, 2.24) is 0 Å². The number of carboxylic acid groups (broad SMARTS) is 1. The summed E-state index contributed by atoms with van der Waals surface area (Å²) in [7, 11) is -4.07. The van der Waals surface area contributed by atoms with Crippen LogP contribution in [-0.4, -0.2) is 19.5 Å². The number of hydrogen-bond acceptors (Lipinski definition) is 4. The number of benzene rings is 2. The van der Waals surface area contributed by atoms with Crippen molar-refractivity contribution in [3.05, 3.63) is 48.0 Å². The summed E-state index contributed by atoms with van der Waals surface area (Å²) in [5.74, 6) is -1.25. The molecule has 2 aromatic carbocycles. The van der Waals surface area contributed by atoms with Crippen LogP contribution in [0.1, 0.15) is 10.4 Å². The van der Waals surface area contributed by atoms with E-state index in [0.29, 0.717) is 11.1 Å². The molecule has 0 aromatic heterocycles. The second kappa shape index (κ2) is 5.28. The molecule has 3 N–H and O–H groups in total. The van der Waals surface area contributed by atoms with E-state index in [9.17, 15) is 13.2 Å². The Morgan fingerprint density at radius 3 is 2.25 bits per heavy atom. The van der Waals surface area contributed by atoms with Gasteiger partial charge in [0.2, 0.25) is 10.0 Å². The van der Waals surface area contributed by atoms with E-state index in [0.717, 1.165) is 6.07 Å². The van der Waals surface area contributed by atoms with Crippen molar-refractivity contribution in [2.75, 3.05) is 0 Å². The van der Waals surface area contributed by atoms with Gasteiger partial charge in [-0.3, -0.25) is 0 Å². The normalized spacial score (nSPS) is 11.3. The van der Waals surface area contributed by atoms with E-state index < -0.39 is 16.0 Å². The number of sulfonamides is 1. The Balaban J connectivity index is 2.84. The van der Waals surface area contributed by atoms with Gasteiger partial charge in [-0.1, -0.05) is 30.3 Å². The molecule has 0 unspecified atom stereocenters. The van der Waals surface area contributed by atoms with E-state index >= 15 is 0 Å². The molecule has 0 bridgehead atoms. The third-order valence-corrected chi connectivity index (χ3v) is 3.99. The van der Waals surface area contributed by atoms with Crippen molar-refractivity contribution < 1.29 is 18.3 Å². The number of aromatic carboxylic acids is 1. The van der Waals surface area contributed by atoms with Gasteiger partial charge >= 0.3 is 5.97 Å². The van der Waals surface area contributed by atoms with Gasteiger partial charge in [0, 0.05) is 10.5 Å². The first-order chi connectivity index (χ1) is 9.30. The molecule has 0 amide bonds. The summed E-state index contributed by atoms with van der Waals surface area (Å²) in [6.07, 6.45) is 0. The number of primary sulfonamides is 1. The lowest BCUT2D eigenvalue weighted by Crippen LogP contribution is -2.15. The zero-order valence-electron chi connectivity index (χ0n) is 10.1. The summed E-state index contributed by atoms with van der Waals surface area (Å²) in [5.41, 5.74) is 0.707. The van der Waals surface area contributed by atoms with Gasteiger partial charge in [0.1, 0.15) is 0 Å². The lowest BCUT2D eigenvalue weighted by molar-refractivity contribution is 0.0696. The van der Waals surface area contributed by atoms with Gasteiger partial charge in [-0.15, -0.1) is 12.6 Å². The predicted octanol–water partition coefficient (Wildman–Crippen LogP) is 1.99. The van der Waals surface area contributed by atoms with E-state index in [1.165, 1.54) is 6.07 Å². The third kappa shape index (κ3) is 2.84. The van der Waals surface area contributed by atoms with Crippen LogP contribution in [-0.2, 0) is 10.0 Å². The topological polar surface area (TPSA) is 97.5 Å². The summed E-state index contributed by atoms with van der Waals surface area (Å²) in [6, 6.07) is 11.0. The van der Waals surface area contributed by atoms with Gasteiger partial charge in [-0.25, -0.2) is 18.4 Å². The first kappa shape index (κ1) is 14.6. The molecule has 0 fully saturated rings. The summed E-state index contributed by atoms with van der Waals surface area (Å²) in [5, 5.41) is 14.2. The quantitative estimate of drug-likeness (QED) is 0.755. The minimum atomic E-state index is -4.07.